The predicted molar refractivity (Wildman–Crippen MR) is 49.3 cm³/mol. The molecule has 1 aromatic carbocycles. The highest BCUT2D eigenvalue weighted by atomic mass is 19.3. The molecule has 2 rings (SSSR count). The number of fused-ring (bicyclic) bond motifs is 1. The standard InChI is InChI=1S/C11H12F2O/c1-7-2-4-9-8(6-7)3-5-10(9)14-11(12)13/h2,4,6,10-11H,3,5H2,1H3/t10-/m1/s1. The molecule has 0 saturated carbocycles. The molecule has 0 heterocycles. The lowest BCUT2D eigenvalue weighted by Crippen LogP contribution is -2.05. The normalized spacial score (nSPS) is 20.1. The van der Waals surface area contributed by atoms with Crippen LogP contribution in [0.4, 0.5) is 8.78 Å². The molecule has 0 radical (unpaired) electrons. The summed E-state index contributed by atoms with van der Waals surface area (Å²) in [5.74, 6) is 0. The molecule has 0 aromatic heterocycles. The van der Waals surface area contributed by atoms with Gasteiger partial charge < -0.3 is 4.74 Å². The fourth-order valence-corrected chi connectivity index (χ4v) is 1.97. The van der Waals surface area contributed by atoms with Crippen molar-refractivity contribution in [3.63, 3.8) is 0 Å². The summed E-state index contributed by atoms with van der Waals surface area (Å²) in [5, 5.41) is 0. The molecule has 14 heavy (non-hydrogen) atoms. The molecule has 1 aliphatic carbocycles. The third-order valence-electron chi connectivity index (χ3n) is 2.59. The highest BCUT2D eigenvalue weighted by Crippen LogP contribution is 2.35. The number of ether oxygens (including phenoxy) is 1. The Hall–Kier alpha value is -0.960. The van der Waals surface area contributed by atoms with Crippen LogP contribution in [0.25, 0.3) is 0 Å². The van der Waals surface area contributed by atoms with Crippen molar-refractivity contribution in [1.82, 2.24) is 0 Å². The predicted octanol–water partition coefficient (Wildman–Crippen LogP) is 3.22. The molecular weight excluding hydrogens is 186 g/mol. The van der Waals surface area contributed by atoms with Crippen LogP contribution in [-0.4, -0.2) is 6.61 Å². The molecular formula is C11H12F2O. The average molecular weight is 198 g/mol. The second-order valence-corrected chi connectivity index (χ2v) is 3.63. The monoisotopic (exact) mass is 198 g/mol. The number of alkyl halides is 2. The summed E-state index contributed by atoms with van der Waals surface area (Å²) in [6, 6.07) is 5.88. The highest BCUT2D eigenvalue weighted by Gasteiger charge is 2.25. The Morgan fingerprint density at radius 2 is 2.21 bits per heavy atom. The third-order valence-corrected chi connectivity index (χ3v) is 2.59. The molecule has 0 saturated heterocycles. The zero-order valence-electron chi connectivity index (χ0n) is 7.97. The summed E-state index contributed by atoms with van der Waals surface area (Å²) in [5.41, 5.74) is 3.24. The van der Waals surface area contributed by atoms with Gasteiger partial charge in [-0.15, -0.1) is 0 Å². The second kappa shape index (κ2) is 3.65. The molecule has 1 aromatic rings. The van der Waals surface area contributed by atoms with Gasteiger partial charge >= 0.3 is 6.61 Å². The Morgan fingerprint density at radius 3 is 2.93 bits per heavy atom. The third kappa shape index (κ3) is 1.77. The summed E-state index contributed by atoms with van der Waals surface area (Å²) < 4.78 is 28.6. The van der Waals surface area contributed by atoms with Crippen molar-refractivity contribution in [2.45, 2.75) is 32.5 Å². The Labute approximate surface area is 81.7 Å². The Kier molecular flexibility index (Phi) is 2.50. The number of halogens is 2. The van der Waals surface area contributed by atoms with E-state index in [1.807, 2.05) is 25.1 Å². The van der Waals surface area contributed by atoms with Crippen molar-refractivity contribution < 1.29 is 13.5 Å². The maximum atomic E-state index is 12.0. The molecule has 0 aliphatic heterocycles. The van der Waals surface area contributed by atoms with Crippen molar-refractivity contribution in [1.29, 1.82) is 0 Å². The van der Waals surface area contributed by atoms with Crippen LogP contribution in [0.15, 0.2) is 18.2 Å². The van der Waals surface area contributed by atoms with Crippen molar-refractivity contribution in [3.05, 3.63) is 34.9 Å². The van der Waals surface area contributed by atoms with Gasteiger partial charge in [-0.3, -0.25) is 0 Å². The molecule has 0 fully saturated rings. The summed E-state index contributed by atoms with van der Waals surface area (Å²) >= 11 is 0. The largest absolute Gasteiger partial charge is 0.345 e. The van der Waals surface area contributed by atoms with E-state index < -0.39 is 12.7 Å². The molecule has 1 atom stereocenters. The number of hydrogen-bond donors (Lipinski definition) is 0. The van der Waals surface area contributed by atoms with Gasteiger partial charge in [0.15, 0.2) is 0 Å². The van der Waals surface area contributed by atoms with Crippen molar-refractivity contribution in [2.24, 2.45) is 0 Å². The van der Waals surface area contributed by atoms with Gasteiger partial charge in [0.25, 0.3) is 0 Å². The number of aryl methyl sites for hydroxylation is 2. The molecule has 76 valence electrons. The lowest BCUT2D eigenvalue weighted by Gasteiger charge is -2.11. The molecule has 0 N–H and O–H groups in total. The minimum absolute atomic E-state index is 0.411. The maximum absolute atomic E-state index is 12.0. The quantitative estimate of drug-likeness (QED) is 0.709. The van der Waals surface area contributed by atoms with Crippen LogP contribution in [0.5, 0.6) is 0 Å². The van der Waals surface area contributed by atoms with Gasteiger partial charge in [0.1, 0.15) is 0 Å². The van der Waals surface area contributed by atoms with Gasteiger partial charge in [-0.2, -0.15) is 8.78 Å². The van der Waals surface area contributed by atoms with Crippen LogP contribution >= 0.6 is 0 Å². The lowest BCUT2D eigenvalue weighted by atomic mass is 10.1. The molecule has 1 aliphatic rings. The lowest BCUT2D eigenvalue weighted by molar-refractivity contribution is -0.164. The van der Waals surface area contributed by atoms with E-state index in [9.17, 15) is 8.78 Å². The Bertz CT molecular complexity index is 336. The molecule has 0 bridgehead atoms. The number of rotatable bonds is 2. The fraction of sp³-hybridized carbons (Fsp3) is 0.455. The topological polar surface area (TPSA) is 9.23 Å². The molecule has 0 amide bonds. The Morgan fingerprint density at radius 1 is 1.43 bits per heavy atom. The molecule has 3 heteroatoms. The van der Waals surface area contributed by atoms with Crippen molar-refractivity contribution in [3.8, 4) is 0 Å². The van der Waals surface area contributed by atoms with Crippen LogP contribution in [0.3, 0.4) is 0 Å². The van der Waals surface area contributed by atoms with Crippen molar-refractivity contribution >= 4 is 0 Å². The van der Waals surface area contributed by atoms with Gasteiger partial charge in [0.2, 0.25) is 0 Å². The number of benzene rings is 1. The minimum Gasteiger partial charge on any atom is -0.315 e. The first-order valence-electron chi connectivity index (χ1n) is 4.70. The molecule has 0 spiro atoms. The second-order valence-electron chi connectivity index (χ2n) is 3.63. The summed E-state index contributed by atoms with van der Waals surface area (Å²) in [6.45, 7) is -0.672. The number of hydrogen-bond acceptors (Lipinski definition) is 1. The minimum atomic E-state index is -2.67. The first-order chi connectivity index (χ1) is 6.66. The van der Waals surface area contributed by atoms with Gasteiger partial charge in [0, 0.05) is 0 Å². The van der Waals surface area contributed by atoms with Crippen LogP contribution in [0.2, 0.25) is 0 Å². The molecule has 1 nitrogen and oxygen atoms in total. The van der Waals surface area contributed by atoms with E-state index in [2.05, 4.69) is 4.74 Å². The zero-order valence-corrected chi connectivity index (χ0v) is 7.97. The van der Waals surface area contributed by atoms with Crippen LogP contribution in [0.1, 0.15) is 29.2 Å². The zero-order chi connectivity index (χ0) is 10.1. The van der Waals surface area contributed by atoms with E-state index in [1.54, 1.807) is 0 Å². The van der Waals surface area contributed by atoms with Gasteiger partial charge in [-0.25, -0.2) is 0 Å². The van der Waals surface area contributed by atoms with E-state index in [-0.39, 0.29) is 0 Å². The van der Waals surface area contributed by atoms with E-state index in [1.165, 1.54) is 5.56 Å². The summed E-state index contributed by atoms with van der Waals surface area (Å²) in [7, 11) is 0. The molecule has 0 unspecified atom stereocenters. The van der Waals surface area contributed by atoms with Gasteiger partial charge in [-0.05, 0) is 30.9 Å². The van der Waals surface area contributed by atoms with E-state index in [4.69, 9.17) is 0 Å². The van der Waals surface area contributed by atoms with E-state index >= 15 is 0 Å². The summed E-state index contributed by atoms with van der Waals surface area (Å²) in [6.07, 6.45) is 1.10. The van der Waals surface area contributed by atoms with Crippen LogP contribution in [-0.2, 0) is 11.2 Å². The van der Waals surface area contributed by atoms with Crippen molar-refractivity contribution in [2.75, 3.05) is 0 Å². The van der Waals surface area contributed by atoms with Gasteiger partial charge in [0.05, 0.1) is 6.10 Å². The highest BCUT2D eigenvalue weighted by molar-refractivity contribution is 5.36. The summed E-state index contributed by atoms with van der Waals surface area (Å²) in [4.78, 5) is 0. The first-order valence-corrected chi connectivity index (χ1v) is 4.70. The van der Waals surface area contributed by atoms with Crippen LogP contribution < -0.4 is 0 Å². The van der Waals surface area contributed by atoms with E-state index in [0.29, 0.717) is 6.42 Å². The Balaban J connectivity index is 2.22. The van der Waals surface area contributed by atoms with Crippen LogP contribution in [0, 0.1) is 6.92 Å². The average Bonchev–Trinajstić information content (AvgIpc) is 2.47. The van der Waals surface area contributed by atoms with E-state index in [0.717, 1.165) is 17.5 Å². The SMILES string of the molecule is Cc1ccc2c(c1)CC[C@H]2OC(F)F. The first kappa shape index (κ1) is 9.59. The maximum Gasteiger partial charge on any atom is 0.345 e. The smallest absolute Gasteiger partial charge is 0.315 e. The van der Waals surface area contributed by atoms with Gasteiger partial charge in [-0.1, -0.05) is 23.8 Å². The fourth-order valence-electron chi connectivity index (χ4n) is 1.97.